The van der Waals surface area contributed by atoms with Crippen LogP contribution >= 0.6 is 23.2 Å². The summed E-state index contributed by atoms with van der Waals surface area (Å²) in [5.74, 6) is 0.599. The van der Waals surface area contributed by atoms with Crippen LogP contribution in [0.2, 0.25) is 10.0 Å². The van der Waals surface area contributed by atoms with Crippen molar-refractivity contribution in [2.45, 2.75) is 6.54 Å². The van der Waals surface area contributed by atoms with Crippen molar-refractivity contribution < 1.29 is 0 Å². The van der Waals surface area contributed by atoms with Gasteiger partial charge in [0.2, 0.25) is 0 Å². The van der Waals surface area contributed by atoms with Gasteiger partial charge >= 0.3 is 0 Å². The number of aromatic nitrogens is 4. The monoisotopic (exact) mass is 293 g/mol. The van der Waals surface area contributed by atoms with Gasteiger partial charge in [-0.15, -0.1) is 10.2 Å². The molecular formula is C12H9Cl2N5. The average Bonchev–Trinajstić information content (AvgIpc) is 2.80. The zero-order valence-corrected chi connectivity index (χ0v) is 11.2. The van der Waals surface area contributed by atoms with Crippen molar-refractivity contribution in [1.82, 2.24) is 19.8 Å². The molecule has 0 saturated carbocycles. The highest BCUT2D eigenvalue weighted by Crippen LogP contribution is 2.29. The molecule has 0 atom stereocenters. The van der Waals surface area contributed by atoms with Crippen LogP contribution in [0.25, 0.3) is 16.9 Å². The second-order valence-electron chi connectivity index (χ2n) is 3.93. The van der Waals surface area contributed by atoms with Crippen LogP contribution in [0.1, 0.15) is 5.82 Å². The number of fused-ring (bicyclic) bond motifs is 1. The zero-order chi connectivity index (χ0) is 13.4. The Balaban J connectivity index is 2.19. The van der Waals surface area contributed by atoms with E-state index < -0.39 is 0 Å². The molecule has 5 nitrogen and oxygen atoms in total. The van der Waals surface area contributed by atoms with Gasteiger partial charge in [-0.1, -0.05) is 23.2 Å². The highest BCUT2D eigenvalue weighted by molar-refractivity contribution is 6.36. The first-order chi connectivity index (χ1) is 9.19. The summed E-state index contributed by atoms with van der Waals surface area (Å²) in [7, 11) is 0. The lowest BCUT2D eigenvalue weighted by molar-refractivity contribution is 0.811. The first kappa shape index (κ1) is 12.3. The molecule has 0 fully saturated rings. The third kappa shape index (κ3) is 2.16. The van der Waals surface area contributed by atoms with Crippen molar-refractivity contribution in [3.8, 4) is 11.3 Å². The van der Waals surface area contributed by atoms with Gasteiger partial charge < -0.3 is 5.73 Å². The van der Waals surface area contributed by atoms with Crippen LogP contribution in [0.4, 0.5) is 0 Å². The van der Waals surface area contributed by atoms with Gasteiger partial charge in [-0.05, 0) is 30.3 Å². The summed E-state index contributed by atoms with van der Waals surface area (Å²) in [4.78, 5) is 0. The topological polar surface area (TPSA) is 69.1 Å². The van der Waals surface area contributed by atoms with Crippen molar-refractivity contribution in [3.63, 3.8) is 0 Å². The van der Waals surface area contributed by atoms with E-state index in [0.717, 1.165) is 5.56 Å². The minimum atomic E-state index is 0.270. The summed E-state index contributed by atoms with van der Waals surface area (Å²) in [5.41, 5.74) is 7.75. The van der Waals surface area contributed by atoms with Crippen molar-refractivity contribution in [1.29, 1.82) is 0 Å². The number of hydrogen-bond acceptors (Lipinski definition) is 4. The molecule has 0 aliphatic rings. The van der Waals surface area contributed by atoms with Gasteiger partial charge in [0.1, 0.15) is 0 Å². The molecule has 0 aliphatic heterocycles. The summed E-state index contributed by atoms with van der Waals surface area (Å²) in [5, 5.41) is 13.5. The maximum Gasteiger partial charge on any atom is 0.177 e. The van der Waals surface area contributed by atoms with Gasteiger partial charge in [0.15, 0.2) is 11.5 Å². The molecule has 0 unspecified atom stereocenters. The molecule has 1 aromatic carbocycles. The standard InChI is InChI=1S/C12H9Cl2N5/c13-7-1-2-8(9(14)5-7)10-3-4-11-16-17-12(6-15)19(11)18-10/h1-5H,6,15H2. The fraction of sp³-hybridized carbons (Fsp3) is 0.0833. The molecule has 2 heterocycles. The van der Waals surface area contributed by atoms with Crippen LogP contribution in [0, 0.1) is 0 Å². The Hall–Kier alpha value is -1.69. The molecule has 0 bridgehead atoms. The van der Waals surface area contributed by atoms with Crippen molar-refractivity contribution in [2.75, 3.05) is 0 Å². The quantitative estimate of drug-likeness (QED) is 0.788. The van der Waals surface area contributed by atoms with Gasteiger partial charge in [0.25, 0.3) is 0 Å². The molecular weight excluding hydrogens is 285 g/mol. The van der Waals surface area contributed by atoms with Crippen LogP contribution in [0.3, 0.4) is 0 Å². The highest BCUT2D eigenvalue weighted by Gasteiger charge is 2.10. The average molecular weight is 294 g/mol. The van der Waals surface area contributed by atoms with E-state index in [2.05, 4.69) is 15.3 Å². The molecule has 0 spiro atoms. The van der Waals surface area contributed by atoms with E-state index in [9.17, 15) is 0 Å². The van der Waals surface area contributed by atoms with Crippen molar-refractivity contribution in [3.05, 3.63) is 46.2 Å². The Kier molecular flexibility index (Phi) is 3.10. The second-order valence-corrected chi connectivity index (χ2v) is 4.78. The molecule has 96 valence electrons. The first-order valence-corrected chi connectivity index (χ1v) is 6.31. The van der Waals surface area contributed by atoms with E-state index in [-0.39, 0.29) is 6.54 Å². The molecule has 2 N–H and O–H groups in total. The Morgan fingerprint density at radius 3 is 2.68 bits per heavy atom. The molecule has 2 aromatic heterocycles. The number of nitrogens with zero attached hydrogens (tertiary/aromatic N) is 4. The van der Waals surface area contributed by atoms with Gasteiger partial charge in [-0.2, -0.15) is 9.61 Å². The SMILES string of the molecule is NCc1nnc2ccc(-c3ccc(Cl)cc3Cl)nn12. The van der Waals surface area contributed by atoms with Crippen molar-refractivity contribution in [2.24, 2.45) is 5.73 Å². The fourth-order valence-electron chi connectivity index (χ4n) is 1.80. The minimum Gasteiger partial charge on any atom is -0.324 e. The number of benzene rings is 1. The van der Waals surface area contributed by atoms with E-state index in [1.807, 2.05) is 18.2 Å². The number of halogens is 2. The zero-order valence-electron chi connectivity index (χ0n) is 9.72. The van der Waals surface area contributed by atoms with Gasteiger partial charge in [0, 0.05) is 10.6 Å². The first-order valence-electron chi connectivity index (χ1n) is 5.56. The Labute approximate surface area is 119 Å². The highest BCUT2D eigenvalue weighted by atomic mass is 35.5. The summed E-state index contributed by atoms with van der Waals surface area (Å²) >= 11 is 12.1. The fourth-order valence-corrected chi connectivity index (χ4v) is 2.31. The van der Waals surface area contributed by atoms with E-state index in [0.29, 0.717) is 27.2 Å². The van der Waals surface area contributed by atoms with Crippen LogP contribution < -0.4 is 5.73 Å². The predicted molar refractivity (Wildman–Crippen MR) is 74.1 cm³/mol. The summed E-state index contributed by atoms with van der Waals surface area (Å²) in [6.45, 7) is 0.270. The smallest absolute Gasteiger partial charge is 0.177 e. The molecule has 3 rings (SSSR count). The minimum absolute atomic E-state index is 0.270. The Morgan fingerprint density at radius 2 is 1.95 bits per heavy atom. The Bertz CT molecular complexity index is 753. The lowest BCUT2D eigenvalue weighted by atomic mass is 10.1. The number of nitrogens with two attached hydrogens (primary N) is 1. The molecule has 19 heavy (non-hydrogen) atoms. The maximum absolute atomic E-state index is 6.17. The number of hydrogen-bond donors (Lipinski definition) is 1. The number of rotatable bonds is 2. The molecule has 7 heteroatoms. The summed E-state index contributed by atoms with van der Waals surface area (Å²) in [6, 6.07) is 8.93. The Morgan fingerprint density at radius 1 is 1.11 bits per heavy atom. The molecule has 0 amide bonds. The molecule has 3 aromatic rings. The third-order valence-electron chi connectivity index (χ3n) is 2.72. The second kappa shape index (κ2) is 4.77. The lowest BCUT2D eigenvalue weighted by Crippen LogP contribution is -2.05. The normalized spacial score (nSPS) is 11.1. The van der Waals surface area contributed by atoms with E-state index >= 15 is 0 Å². The van der Waals surface area contributed by atoms with E-state index in [1.165, 1.54) is 0 Å². The molecule has 0 saturated heterocycles. The van der Waals surface area contributed by atoms with Crippen LogP contribution in [-0.4, -0.2) is 19.8 Å². The summed E-state index contributed by atoms with van der Waals surface area (Å²) < 4.78 is 1.61. The van der Waals surface area contributed by atoms with Gasteiger partial charge in [-0.3, -0.25) is 0 Å². The largest absolute Gasteiger partial charge is 0.324 e. The van der Waals surface area contributed by atoms with Crippen LogP contribution in [-0.2, 0) is 6.54 Å². The molecule has 0 radical (unpaired) electrons. The van der Waals surface area contributed by atoms with E-state index in [4.69, 9.17) is 28.9 Å². The van der Waals surface area contributed by atoms with E-state index in [1.54, 1.807) is 16.6 Å². The molecule has 0 aliphatic carbocycles. The van der Waals surface area contributed by atoms with Crippen molar-refractivity contribution >= 4 is 28.8 Å². The van der Waals surface area contributed by atoms with Gasteiger partial charge in [0.05, 0.1) is 17.3 Å². The van der Waals surface area contributed by atoms with Crippen LogP contribution in [0.5, 0.6) is 0 Å². The van der Waals surface area contributed by atoms with Gasteiger partial charge in [-0.25, -0.2) is 0 Å². The maximum atomic E-state index is 6.17. The lowest BCUT2D eigenvalue weighted by Gasteiger charge is -2.05. The van der Waals surface area contributed by atoms with Crippen LogP contribution in [0.15, 0.2) is 30.3 Å². The predicted octanol–water partition coefficient (Wildman–Crippen LogP) is 2.56. The summed E-state index contributed by atoms with van der Waals surface area (Å²) in [6.07, 6.45) is 0. The third-order valence-corrected chi connectivity index (χ3v) is 3.26.